The Hall–Kier alpha value is -3.28. The highest BCUT2D eigenvalue weighted by molar-refractivity contribution is 5.83. The van der Waals surface area contributed by atoms with E-state index in [-0.39, 0.29) is 11.8 Å². The topological polar surface area (TPSA) is 82.9 Å². The Morgan fingerprint density at radius 1 is 0.692 bits per heavy atom. The zero-order valence-electron chi connectivity index (χ0n) is 14.5. The van der Waals surface area contributed by atoms with Crippen molar-refractivity contribution in [2.45, 2.75) is 25.7 Å². The summed E-state index contributed by atoms with van der Waals surface area (Å²) >= 11 is 0. The van der Waals surface area contributed by atoms with E-state index >= 15 is 0 Å². The predicted octanol–water partition coefficient (Wildman–Crippen LogP) is 2.85. The Balaban J connectivity index is 1.55. The lowest BCUT2D eigenvalue weighted by Gasteiger charge is -2.01. The van der Waals surface area contributed by atoms with Crippen molar-refractivity contribution in [3.63, 3.8) is 0 Å². The molecule has 6 heteroatoms. The first kappa shape index (κ1) is 19.1. The highest BCUT2D eigenvalue weighted by Crippen LogP contribution is 2.00. The molecule has 0 aliphatic carbocycles. The van der Waals surface area contributed by atoms with Crippen LogP contribution in [0.5, 0.6) is 0 Å². The molecule has 2 aromatic rings. The van der Waals surface area contributed by atoms with Crippen molar-refractivity contribution in [2.75, 3.05) is 0 Å². The van der Waals surface area contributed by atoms with Crippen molar-refractivity contribution in [3.05, 3.63) is 71.8 Å². The summed E-state index contributed by atoms with van der Waals surface area (Å²) in [6.45, 7) is 0. The number of benzene rings is 2. The monoisotopic (exact) mass is 350 g/mol. The number of rotatable bonds is 9. The van der Waals surface area contributed by atoms with E-state index in [4.69, 9.17) is 0 Å². The van der Waals surface area contributed by atoms with Crippen molar-refractivity contribution in [1.82, 2.24) is 10.9 Å². The number of nitrogens with one attached hydrogen (secondary N) is 2. The molecule has 0 unspecified atom stereocenters. The molecule has 2 aromatic carbocycles. The van der Waals surface area contributed by atoms with Crippen LogP contribution >= 0.6 is 0 Å². The molecule has 0 atom stereocenters. The molecule has 0 saturated heterocycles. The van der Waals surface area contributed by atoms with Gasteiger partial charge in [0.25, 0.3) is 0 Å². The third-order valence-electron chi connectivity index (χ3n) is 3.46. The van der Waals surface area contributed by atoms with Crippen LogP contribution in [0.2, 0.25) is 0 Å². The number of hydrogen-bond acceptors (Lipinski definition) is 4. The molecule has 26 heavy (non-hydrogen) atoms. The zero-order valence-corrected chi connectivity index (χ0v) is 14.5. The third kappa shape index (κ3) is 8.01. The van der Waals surface area contributed by atoms with Gasteiger partial charge in [0.15, 0.2) is 0 Å². The summed E-state index contributed by atoms with van der Waals surface area (Å²) in [5.74, 6) is -0.334. The van der Waals surface area contributed by atoms with Crippen molar-refractivity contribution >= 4 is 24.2 Å². The largest absolute Gasteiger partial charge is 0.273 e. The number of carbonyl (C=O) groups excluding carboxylic acids is 2. The van der Waals surface area contributed by atoms with Crippen LogP contribution in [0.25, 0.3) is 0 Å². The molecule has 0 spiro atoms. The van der Waals surface area contributed by atoms with Crippen LogP contribution < -0.4 is 10.9 Å². The van der Waals surface area contributed by atoms with Gasteiger partial charge in [-0.05, 0) is 24.0 Å². The fourth-order valence-electron chi connectivity index (χ4n) is 2.12. The van der Waals surface area contributed by atoms with E-state index in [1.54, 1.807) is 12.4 Å². The molecule has 134 valence electrons. The summed E-state index contributed by atoms with van der Waals surface area (Å²) < 4.78 is 0. The van der Waals surface area contributed by atoms with Crippen LogP contribution in [-0.4, -0.2) is 24.2 Å². The lowest BCUT2D eigenvalue weighted by Crippen LogP contribution is -2.19. The van der Waals surface area contributed by atoms with Crippen LogP contribution in [0.4, 0.5) is 0 Å². The second kappa shape index (κ2) is 11.3. The first-order valence-electron chi connectivity index (χ1n) is 8.48. The zero-order chi connectivity index (χ0) is 18.5. The number of carbonyl (C=O) groups is 2. The van der Waals surface area contributed by atoms with Crippen molar-refractivity contribution in [2.24, 2.45) is 10.2 Å². The van der Waals surface area contributed by atoms with Crippen LogP contribution in [0.15, 0.2) is 70.9 Å². The molecule has 0 aromatic heterocycles. The average Bonchev–Trinajstić information content (AvgIpc) is 2.67. The van der Waals surface area contributed by atoms with E-state index in [2.05, 4.69) is 21.1 Å². The van der Waals surface area contributed by atoms with Gasteiger partial charge in [-0.15, -0.1) is 0 Å². The number of hydrazone groups is 2. The first-order chi connectivity index (χ1) is 12.7. The van der Waals surface area contributed by atoms with Gasteiger partial charge < -0.3 is 0 Å². The van der Waals surface area contributed by atoms with Crippen molar-refractivity contribution < 1.29 is 9.59 Å². The van der Waals surface area contributed by atoms with Crippen molar-refractivity contribution in [3.8, 4) is 0 Å². The number of nitrogens with zero attached hydrogens (tertiary/aromatic N) is 2. The van der Waals surface area contributed by atoms with E-state index in [0.717, 1.165) is 11.1 Å². The van der Waals surface area contributed by atoms with Crippen LogP contribution in [-0.2, 0) is 9.59 Å². The maximum absolute atomic E-state index is 11.7. The summed E-state index contributed by atoms with van der Waals surface area (Å²) in [7, 11) is 0. The summed E-state index contributed by atoms with van der Waals surface area (Å²) in [6, 6.07) is 19.0. The molecule has 6 nitrogen and oxygen atoms in total. The summed E-state index contributed by atoms with van der Waals surface area (Å²) in [6.07, 6.45) is 5.07. The minimum Gasteiger partial charge on any atom is -0.273 e. The van der Waals surface area contributed by atoms with Gasteiger partial charge in [-0.1, -0.05) is 60.7 Å². The van der Waals surface area contributed by atoms with E-state index in [0.29, 0.717) is 25.7 Å². The summed E-state index contributed by atoms with van der Waals surface area (Å²) in [4.78, 5) is 23.3. The van der Waals surface area contributed by atoms with E-state index < -0.39 is 0 Å². The second-order valence-electron chi connectivity index (χ2n) is 5.61. The quantitative estimate of drug-likeness (QED) is 0.414. The molecular weight excluding hydrogens is 328 g/mol. The lowest BCUT2D eigenvalue weighted by molar-refractivity contribution is -0.123. The molecule has 0 aliphatic heterocycles. The van der Waals surface area contributed by atoms with Gasteiger partial charge in [0, 0.05) is 12.8 Å². The molecule has 0 saturated carbocycles. The van der Waals surface area contributed by atoms with Crippen LogP contribution in [0.3, 0.4) is 0 Å². The molecular formula is C20H22N4O2. The van der Waals surface area contributed by atoms with Gasteiger partial charge in [0.05, 0.1) is 12.4 Å². The molecule has 0 heterocycles. The van der Waals surface area contributed by atoms with Gasteiger partial charge in [-0.3, -0.25) is 9.59 Å². The molecule has 0 aliphatic rings. The van der Waals surface area contributed by atoms with Gasteiger partial charge in [0.1, 0.15) is 0 Å². The van der Waals surface area contributed by atoms with Crippen LogP contribution in [0.1, 0.15) is 36.8 Å². The Morgan fingerprint density at radius 2 is 1.08 bits per heavy atom. The van der Waals surface area contributed by atoms with Crippen molar-refractivity contribution in [1.29, 1.82) is 0 Å². The highest BCUT2D eigenvalue weighted by atomic mass is 16.2. The average molecular weight is 350 g/mol. The van der Waals surface area contributed by atoms with Crippen LogP contribution in [0, 0.1) is 0 Å². The van der Waals surface area contributed by atoms with Gasteiger partial charge in [-0.25, -0.2) is 10.9 Å². The molecule has 0 radical (unpaired) electrons. The van der Waals surface area contributed by atoms with Gasteiger partial charge in [-0.2, -0.15) is 10.2 Å². The Kier molecular flexibility index (Phi) is 8.28. The number of amides is 2. The standard InChI is InChI=1S/C20H22N4O2/c25-19(23-21-15-17-9-3-1-4-10-17)13-7-8-14-20(26)24-22-16-18-11-5-2-6-12-18/h1-6,9-12,15-16H,7-8,13-14H2,(H,23,25)(H,24,26)/b21-15+,22-16+. The Bertz CT molecular complexity index is 677. The second-order valence-corrected chi connectivity index (χ2v) is 5.61. The van der Waals surface area contributed by atoms with E-state index in [1.165, 1.54) is 0 Å². The van der Waals surface area contributed by atoms with Gasteiger partial charge in [0.2, 0.25) is 11.8 Å². The smallest absolute Gasteiger partial charge is 0.240 e. The maximum Gasteiger partial charge on any atom is 0.240 e. The minimum atomic E-state index is -0.167. The highest BCUT2D eigenvalue weighted by Gasteiger charge is 2.02. The predicted molar refractivity (Wildman–Crippen MR) is 103 cm³/mol. The normalized spacial score (nSPS) is 10.9. The summed E-state index contributed by atoms with van der Waals surface area (Å²) in [5, 5.41) is 7.80. The Labute approximate surface area is 153 Å². The van der Waals surface area contributed by atoms with E-state index in [1.807, 2.05) is 60.7 Å². The molecule has 2 N–H and O–H groups in total. The maximum atomic E-state index is 11.7. The van der Waals surface area contributed by atoms with Gasteiger partial charge >= 0.3 is 0 Å². The van der Waals surface area contributed by atoms with E-state index in [9.17, 15) is 9.59 Å². The Morgan fingerprint density at radius 3 is 1.46 bits per heavy atom. The third-order valence-corrected chi connectivity index (χ3v) is 3.46. The lowest BCUT2D eigenvalue weighted by atomic mass is 10.2. The fourth-order valence-corrected chi connectivity index (χ4v) is 2.12. The minimum absolute atomic E-state index is 0.167. The molecule has 2 rings (SSSR count). The molecule has 0 fully saturated rings. The SMILES string of the molecule is O=C(CCCCC(=O)N/N=C/c1ccccc1)N/N=C/c1ccccc1. The molecule has 0 bridgehead atoms. The number of unbranched alkanes of at least 4 members (excludes halogenated alkanes) is 1. The summed E-state index contributed by atoms with van der Waals surface area (Å²) in [5.41, 5.74) is 6.79. The fraction of sp³-hybridized carbons (Fsp3) is 0.200. The first-order valence-corrected chi connectivity index (χ1v) is 8.48. The number of hydrogen-bond donors (Lipinski definition) is 2. The molecule has 2 amide bonds.